The number of rotatable bonds is 4. The fourth-order valence-corrected chi connectivity index (χ4v) is 3.85. The molecule has 3 aromatic rings. The van der Waals surface area contributed by atoms with E-state index in [2.05, 4.69) is 37.3 Å². The highest BCUT2D eigenvalue weighted by Gasteiger charge is 2.18. The van der Waals surface area contributed by atoms with E-state index >= 15 is 0 Å². The van der Waals surface area contributed by atoms with Gasteiger partial charge in [0.25, 0.3) is 0 Å². The zero-order valence-electron chi connectivity index (χ0n) is 15.4. The van der Waals surface area contributed by atoms with Crippen LogP contribution in [0.1, 0.15) is 6.92 Å². The van der Waals surface area contributed by atoms with Crippen LogP contribution in [0.3, 0.4) is 0 Å². The van der Waals surface area contributed by atoms with Gasteiger partial charge < -0.3 is 20.1 Å². The third-order valence-corrected chi connectivity index (χ3v) is 5.49. The van der Waals surface area contributed by atoms with Gasteiger partial charge in [0.1, 0.15) is 10.7 Å². The maximum absolute atomic E-state index is 11.5. The second kappa shape index (κ2) is 7.48. The number of thioether (sulfide) groups is 1. The molecule has 1 aliphatic heterocycles. The molecule has 1 aliphatic rings. The summed E-state index contributed by atoms with van der Waals surface area (Å²) in [6.07, 6.45) is 3.89. The van der Waals surface area contributed by atoms with Gasteiger partial charge in [-0.3, -0.25) is 4.79 Å². The standard InChI is InChI=1S/C19H22N6OS/c1-13(26)24-9-11-25(12-10-24)15-5-3-14(4-6-15)21-19-22-17-16(7-8-20-17)18(23-19)27-2/h3-8H,9-12H2,1-2H3,(H2,20,21,22,23). The van der Waals surface area contributed by atoms with Gasteiger partial charge in [-0.2, -0.15) is 4.98 Å². The number of nitrogens with one attached hydrogen (secondary N) is 2. The molecule has 1 fully saturated rings. The number of piperazine rings is 1. The second-order valence-electron chi connectivity index (χ2n) is 6.46. The zero-order valence-corrected chi connectivity index (χ0v) is 16.2. The van der Waals surface area contributed by atoms with Crippen LogP contribution in [0.15, 0.2) is 41.6 Å². The highest BCUT2D eigenvalue weighted by atomic mass is 32.2. The van der Waals surface area contributed by atoms with Crippen LogP contribution in [0.4, 0.5) is 17.3 Å². The molecule has 1 amide bonds. The van der Waals surface area contributed by atoms with Crippen molar-refractivity contribution in [2.75, 3.05) is 42.7 Å². The molecule has 27 heavy (non-hydrogen) atoms. The maximum Gasteiger partial charge on any atom is 0.230 e. The Hall–Kier alpha value is -2.74. The Morgan fingerprint density at radius 3 is 2.52 bits per heavy atom. The van der Waals surface area contributed by atoms with Crippen LogP contribution in [-0.2, 0) is 4.79 Å². The van der Waals surface area contributed by atoms with Gasteiger partial charge in [-0.15, -0.1) is 11.8 Å². The molecule has 4 rings (SSSR count). The first-order chi connectivity index (χ1) is 13.1. The minimum atomic E-state index is 0.151. The van der Waals surface area contributed by atoms with Gasteiger partial charge in [0.2, 0.25) is 11.9 Å². The molecule has 2 aromatic heterocycles. The van der Waals surface area contributed by atoms with Gasteiger partial charge in [0, 0.05) is 50.7 Å². The smallest absolute Gasteiger partial charge is 0.230 e. The number of aromatic amines is 1. The predicted octanol–water partition coefficient (Wildman–Crippen LogP) is 3.09. The number of fused-ring (bicyclic) bond motifs is 1. The van der Waals surface area contributed by atoms with E-state index in [9.17, 15) is 4.79 Å². The molecule has 140 valence electrons. The van der Waals surface area contributed by atoms with Crippen LogP contribution in [0, 0.1) is 0 Å². The summed E-state index contributed by atoms with van der Waals surface area (Å²) in [5.41, 5.74) is 2.94. The summed E-state index contributed by atoms with van der Waals surface area (Å²) in [5, 5.41) is 5.27. The molecular formula is C19H22N6OS. The van der Waals surface area contributed by atoms with Gasteiger partial charge >= 0.3 is 0 Å². The topological polar surface area (TPSA) is 77.2 Å². The fourth-order valence-electron chi connectivity index (χ4n) is 3.29. The Morgan fingerprint density at radius 1 is 1.11 bits per heavy atom. The van der Waals surface area contributed by atoms with Crippen molar-refractivity contribution in [2.45, 2.75) is 11.9 Å². The lowest BCUT2D eigenvalue weighted by molar-refractivity contribution is -0.129. The summed E-state index contributed by atoms with van der Waals surface area (Å²) < 4.78 is 0. The van der Waals surface area contributed by atoms with E-state index in [0.29, 0.717) is 5.95 Å². The predicted molar refractivity (Wildman–Crippen MR) is 110 cm³/mol. The minimum absolute atomic E-state index is 0.151. The monoisotopic (exact) mass is 382 g/mol. The van der Waals surface area contributed by atoms with Crippen molar-refractivity contribution in [3.05, 3.63) is 36.5 Å². The van der Waals surface area contributed by atoms with Crippen LogP contribution in [0.2, 0.25) is 0 Å². The third-order valence-electron chi connectivity index (χ3n) is 4.79. The van der Waals surface area contributed by atoms with Crippen LogP contribution < -0.4 is 10.2 Å². The van der Waals surface area contributed by atoms with Gasteiger partial charge in [-0.1, -0.05) is 0 Å². The normalized spacial score (nSPS) is 14.6. The molecule has 8 heteroatoms. The molecule has 2 N–H and O–H groups in total. The van der Waals surface area contributed by atoms with Crippen LogP contribution in [-0.4, -0.2) is 58.2 Å². The number of anilines is 3. The number of aromatic nitrogens is 3. The Balaban J connectivity index is 1.46. The number of amides is 1. The lowest BCUT2D eigenvalue weighted by Crippen LogP contribution is -2.48. The molecule has 0 atom stereocenters. The largest absolute Gasteiger partial charge is 0.368 e. The van der Waals surface area contributed by atoms with E-state index in [-0.39, 0.29) is 5.91 Å². The van der Waals surface area contributed by atoms with E-state index in [4.69, 9.17) is 0 Å². The molecule has 1 aromatic carbocycles. The fraction of sp³-hybridized carbons (Fsp3) is 0.316. The van der Waals surface area contributed by atoms with Crippen LogP contribution in [0.5, 0.6) is 0 Å². The highest BCUT2D eigenvalue weighted by molar-refractivity contribution is 7.98. The van der Waals surface area contributed by atoms with Gasteiger partial charge in [0.15, 0.2) is 0 Å². The minimum Gasteiger partial charge on any atom is -0.368 e. The van der Waals surface area contributed by atoms with Crippen molar-refractivity contribution >= 4 is 46.0 Å². The van der Waals surface area contributed by atoms with Gasteiger partial charge in [-0.05, 0) is 36.6 Å². The number of nitrogens with zero attached hydrogens (tertiary/aromatic N) is 4. The quantitative estimate of drug-likeness (QED) is 0.533. The SMILES string of the molecule is CSc1nc(Nc2ccc(N3CCN(C(C)=O)CC3)cc2)nc2[nH]ccc12. The molecule has 0 saturated carbocycles. The summed E-state index contributed by atoms with van der Waals surface area (Å²) in [5.74, 6) is 0.731. The molecule has 7 nitrogen and oxygen atoms in total. The first kappa shape index (κ1) is 17.7. The maximum atomic E-state index is 11.5. The van der Waals surface area contributed by atoms with Crippen molar-refractivity contribution in [1.29, 1.82) is 0 Å². The van der Waals surface area contributed by atoms with Crippen LogP contribution >= 0.6 is 11.8 Å². The van der Waals surface area contributed by atoms with Crippen molar-refractivity contribution in [3.8, 4) is 0 Å². The number of hydrogen-bond donors (Lipinski definition) is 2. The lowest BCUT2D eigenvalue weighted by atomic mass is 10.2. The van der Waals surface area contributed by atoms with E-state index in [1.54, 1.807) is 18.7 Å². The first-order valence-corrected chi connectivity index (χ1v) is 10.1. The molecule has 0 radical (unpaired) electrons. The average Bonchev–Trinajstić information content (AvgIpc) is 3.16. The summed E-state index contributed by atoms with van der Waals surface area (Å²) in [4.78, 5) is 27.9. The zero-order chi connectivity index (χ0) is 18.8. The summed E-state index contributed by atoms with van der Waals surface area (Å²) >= 11 is 1.61. The van der Waals surface area contributed by atoms with Crippen LogP contribution in [0.25, 0.3) is 11.0 Å². The first-order valence-electron chi connectivity index (χ1n) is 8.91. The van der Waals surface area contributed by atoms with E-state index < -0.39 is 0 Å². The number of hydrogen-bond acceptors (Lipinski definition) is 6. The molecule has 0 aliphatic carbocycles. The molecule has 0 unspecified atom stereocenters. The van der Waals surface area contributed by atoms with Crippen molar-refractivity contribution in [1.82, 2.24) is 19.9 Å². The third kappa shape index (κ3) is 3.71. The Labute approximate surface area is 162 Å². The molecule has 0 spiro atoms. The van der Waals surface area contributed by atoms with Crippen molar-refractivity contribution in [3.63, 3.8) is 0 Å². The van der Waals surface area contributed by atoms with Gasteiger partial charge in [-0.25, -0.2) is 4.98 Å². The summed E-state index contributed by atoms with van der Waals surface area (Å²) in [6, 6.07) is 10.2. The van der Waals surface area contributed by atoms with E-state index in [0.717, 1.165) is 53.6 Å². The molecule has 3 heterocycles. The van der Waals surface area contributed by atoms with E-state index in [1.165, 1.54) is 0 Å². The summed E-state index contributed by atoms with van der Waals surface area (Å²) in [6.45, 7) is 4.89. The lowest BCUT2D eigenvalue weighted by Gasteiger charge is -2.35. The van der Waals surface area contributed by atoms with Crippen molar-refractivity contribution in [2.24, 2.45) is 0 Å². The Bertz CT molecular complexity index is 946. The Morgan fingerprint density at radius 2 is 1.85 bits per heavy atom. The number of H-pyrrole nitrogens is 1. The Kier molecular flexibility index (Phi) is 4.89. The van der Waals surface area contributed by atoms with Gasteiger partial charge in [0.05, 0.1) is 5.39 Å². The molecule has 1 saturated heterocycles. The highest BCUT2D eigenvalue weighted by Crippen LogP contribution is 2.26. The summed E-state index contributed by atoms with van der Waals surface area (Å²) in [7, 11) is 0. The number of benzene rings is 1. The van der Waals surface area contributed by atoms with Crippen molar-refractivity contribution < 1.29 is 4.79 Å². The average molecular weight is 382 g/mol. The molecule has 0 bridgehead atoms. The number of carbonyl (C=O) groups is 1. The van der Waals surface area contributed by atoms with E-state index in [1.807, 2.05) is 35.6 Å². The molecular weight excluding hydrogens is 360 g/mol. The number of carbonyl (C=O) groups excluding carboxylic acids is 1. The second-order valence-corrected chi connectivity index (χ2v) is 7.26.